The largest absolute Gasteiger partial charge is 0.305 e. The summed E-state index contributed by atoms with van der Waals surface area (Å²) in [5.74, 6) is 0. The highest BCUT2D eigenvalue weighted by molar-refractivity contribution is 6.30. The minimum atomic E-state index is -0.625. The molecule has 1 aromatic heterocycles. The fourth-order valence-electron chi connectivity index (χ4n) is 0.822. The van der Waals surface area contributed by atoms with Crippen molar-refractivity contribution in [1.29, 1.82) is 0 Å². The van der Waals surface area contributed by atoms with Crippen molar-refractivity contribution in [3.05, 3.63) is 16.9 Å². The van der Waals surface area contributed by atoms with Crippen molar-refractivity contribution < 1.29 is 4.39 Å². The number of H-pyrrole nitrogens is 1. The molecule has 0 aromatic carbocycles. The normalized spacial score (nSPS) is 12.1. The first-order valence-electron chi connectivity index (χ1n) is 3.33. The minimum absolute atomic E-state index is 0.210. The quantitative estimate of drug-likeness (QED) is 0.647. The Hall–Kier alpha value is -0.570. The van der Waals surface area contributed by atoms with E-state index in [0.717, 1.165) is 0 Å². The van der Waals surface area contributed by atoms with E-state index in [4.69, 9.17) is 11.6 Å². The van der Waals surface area contributed by atoms with E-state index in [9.17, 15) is 4.39 Å². The third kappa shape index (κ3) is 1.71. The number of aromatic nitrogens is 2. The van der Waals surface area contributed by atoms with E-state index in [1.807, 2.05) is 20.8 Å². The molecule has 0 fully saturated rings. The van der Waals surface area contributed by atoms with E-state index < -0.39 is 6.08 Å². The second kappa shape index (κ2) is 2.48. The van der Waals surface area contributed by atoms with E-state index in [1.165, 1.54) is 0 Å². The van der Waals surface area contributed by atoms with Gasteiger partial charge in [-0.25, -0.2) is 4.98 Å². The van der Waals surface area contributed by atoms with Crippen molar-refractivity contribution in [1.82, 2.24) is 9.97 Å². The molecule has 0 saturated heterocycles. The molecule has 1 N–H and O–H groups in total. The van der Waals surface area contributed by atoms with Gasteiger partial charge in [0.1, 0.15) is 5.15 Å². The number of nitrogens with zero attached hydrogens (tertiary/aromatic N) is 1. The van der Waals surface area contributed by atoms with Crippen LogP contribution in [0.25, 0.3) is 0 Å². The zero-order valence-corrected chi connectivity index (χ0v) is 7.46. The van der Waals surface area contributed by atoms with Gasteiger partial charge in [0.15, 0.2) is 0 Å². The number of rotatable bonds is 0. The molecule has 0 radical (unpaired) electrons. The average molecular weight is 177 g/mol. The van der Waals surface area contributed by atoms with E-state index in [0.29, 0.717) is 5.69 Å². The molecule has 0 aliphatic heterocycles. The van der Waals surface area contributed by atoms with Gasteiger partial charge in [-0.15, -0.1) is 0 Å². The standard InChI is InChI=1S/C7H10ClFN2/c1-7(2,3)4-5(8)11-6(9)10-4/h1-3H3,(H,10,11). The molecule has 62 valence electrons. The smallest absolute Gasteiger partial charge is 0.287 e. The molecule has 0 aliphatic rings. The highest BCUT2D eigenvalue weighted by Gasteiger charge is 2.21. The molecule has 11 heavy (non-hydrogen) atoms. The summed E-state index contributed by atoms with van der Waals surface area (Å²) in [6.07, 6.45) is -0.625. The van der Waals surface area contributed by atoms with Gasteiger partial charge >= 0.3 is 0 Å². The van der Waals surface area contributed by atoms with Crippen molar-refractivity contribution in [3.8, 4) is 0 Å². The second-order valence-electron chi connectivity index (χ2n) is 3.44. The molecule has 0 spiro atoms. The van der Waals surface area contributed by atoms with Crippen LogP contribution in [0.1, 0.15) is 26.5 Å². The van der Waals surface area contributed by atoms with Crippen LogP contribution in [-0.2, 0) is 5.41 Å². The van der Waals surface area contributed by atoms with Gasteiger partial charge in [-0.3, -0.25) is 0 Å². The van der Waals surface area contributed by atoms with Crippen LogP contribution in [0.2, 0.25) is 5.15 Å². The summed E-state index contributed by atoms with van der Waals surface area (Å²) in [5.41, 5.74) is 0.356. The van der Waals surface area contributed by atoms with Gasteiger partial charge in [-0.05, 0) is 0 Å². The zero-order valence-electron chi connectivity index (χ0n) is 6.70. The van der Waals surface area contributed by atoms with Crippen molar-refractivity contribution in [2.45, 2.75) is 26.2 Å². The average Bonchev–Trinajstić information content (AvgIpc) is 2.08. The summed E-state index contributed by atoms with van der Waals surface area (Å²) >= 11 is 5.67. The summed E-state index contributed by atoms with van der Waals surface area (Å²) in [4.78, 5) is 5.93. The number of aromatic amines is 1. The first kappa shape index (κ1) is 8.53. The Balaban J connectivity index is 3.13. The number of halogens is 2. The van der Waals surface area contributed by atoms with Crippen LogP contribution in [0.5, 0.6) is 0 Å². The lowest BCUT2D eigenvalue weighted by Gasteiger charge is -2.14. The van der Waals surface area contributed by atoms with Gasteiger partial charge in [-0.2, -0.15) is 4.39 Å². The molecule has 0 aliphatic carbocycles. The van der Waals surface area contributed by atoms with Gasteiger partial charge in [0, 0.05) is 5.41 Å². The molecular formula is C7H10ClFN2. The van der Waals surface area contributed by atoms with Crippen molar-refractivity contribution in [2.75, 3.05) is 0 Å². The fourth-order valence-corrected chi connectivity index (χ4v) is 1.23. The number of hydrogen-bond donors (Lipinski definition) is 1. The number of nitrogens with one attached hydrogen (secondary N) is 1. The highest BCUT2D eigenvalue weighted by atomic mass is 35.5. The van der Waals surface area contributed by atoms with Gasteiger partial charge in [0.05, 0.1) is 5.69 Å². The summed E-state index contributed by atoms with van der Waals surface area (Å²) < 4.78 is 12.5. The Kier molecular flexibility index (Phi) is 1.92. The Morgan fingerprint density at radius 1 is 1.45 bits per heavy atom. The topological polar surface area (TPSA) is 28.7 Å². The fraction of sp³-hybridized carbons (Fsp3) is 0.571. The molecule has 0 amide bonds. The Morgan fingerprint density at radius 3 is 2.18 bits per heavy atom. The molecule has 0 saturated carbocycles. The third-order valence-electron chi connectivity index (χ3n) is 1.34. The molecule has 0 bridgehead atoms. The van der Waals surface area contributed by atoms with E-state index >= 15 is 0 Å². The molecule has 1 rings (SSSR count). The Bertz CT molecular complexity index is 262. The van der Waals surface area contributed by atoms with Crippen LogP contribution in [0.4, 0.5) is 4.39 Å². The van der Waals surface area contributed by atoms with Crippen molar-refractivity contribution >= 4 is 11.6 Å². The SMILES string of the molecule is CC(C)(C)c1nc(F)[nH]c1Cl. The summed E-state index contributed by atoms with van der Waals surface area (Å²) in [6.45, 7) is 5.78. The summed E-state index contributed by atoms with van der Waals surface area (Å²) in [6, 6.07) is 0. The highest BCUT2D eigenvalue weighted by Crippen LogP contribution is 2.26. The number of hydrogen-bond acceptors (Lipinski definition) is 1. The van der Waals surface area contributed by atoms with Crippen LogP contribution in [0.15, 0.2) is 0 Å². The lowest BCUT2D eigenvalue weighted by Crippen LogP contribution is -2.12. The van der Waals surface area contributed by atoms with Gasteiger partial charge in [0.2, 0.25) is 0 Å². The zero-order chi connectivity index (χ0) is 8.65. The predicted molar refractivity (Wildman–Crippen MR) is 42.3 cm³/mol. The summed E-state index contributed by atoms with van der Waals surface area (Å²) in [5, 5.41) is 0.287. The van der Waals surface area contributed by atoms with Crippen LogP contribution < -0.4 is 0 Å². The molecule has 1 heterocycles. The van der Waals surface area contributed by atoms with Crippen molar-refractivity contribution in [3.63, 3.8) is 0 Å². The van der Waals surface area contributed by atoms with Crippen LogP contribution in [0, 0.1) is 6.08 Å². The van der Waals surface area contributed by atoms with Gasteiger partial charge in [-0.1, -0.05) is 32.4 Å². The number of imidazole rings is 1. The molecule has 1 aromatic rings. The lowest BCUT2D eigenvalue weighted by molar-refractivity contribution is 0.526. The molecular weight excluding hydrogens is 167 g/mol. The van der Waals surface area contributed by atoms with Crippen LogP contribution in [-0.4, -0.2) is 9.97 Å². The molecule has 0 atom stereocenters. The van der Waals surface area contributed by atoms with Crippen LogP contribution in [0.3, 0.4) is 0 Å². The van der Waals surface area contributed by atoms with Crippen molar-refractivity contribution in [2.24, 2.45) is 0 Å². The predicted octanol–water partition coefficient (Wildman–Crippen LogP) is 2.50. The Labute approximate surface area is 69.8 Å². The maximum atomic E-state index is 12.5. The second-order valence-corrected chi connectivity index (χ2v) is 3.82. The Morgan fingerprint density at radius 2 is 2.00 bits per heavy atom. The first-order chi connectivity index (χ1) is 4.91. The maximum Gasteiger partial charge on any atom is 0.287 e. The molecule has 2 nitrogen and oxygen atoms in total. The van der Waals surface area contributed by atoms with Crippen LogP contribution >= 0.6 is 11.6 Å². The lowest BCUT2D eigenvalue weighted by atomic mass is 9.93. The molecule has 4 heteroatoms. The molecule has 0 unspecified atom stereocenters. The monoisotopic (exact) mass is 176 g/mol. The van der Waals surface area contributed by atoms with E-state index in [1.54, 1.807) is 0 Å². The minimum Gasteiger partial charge on any atom is -0.305 e. The third-order valence-corrected chi connectivity index (χ3v) is 1.61. The van der Waals surface area contributed by atoms with E-state index in [2.05, 4.69) is 9.97 Å². The first-order valence-corrected chi connectivity index (χ1v) is 3.70. The van der Waals surface area contributed by atoms with E-state index in [-0.39, 0.29) is 10.6 Å². The maximum absolute atomic E-state index is 12.5. The van der Waals surface area contributed by atoms with Gasteiger partial charge < -0.3 is 4.98 Å². The summed E-state index contributed by atoms with van der Waals surface area (Å²) in [7, 11) is 0. The van der Waals surface area contributed by atoms with Gasteiger partial charge in [0.25, 0.3) is 6.08 Å².